The van der Waals surface area contributed by atoms with Crippen LogP contribution in [0.15, 0.2) is 0 Å². The quantitative estimate of drug-likeness (QED) is 0.708. The van der Waals surface area contributed by atoms with Crippen LogP contribution < -0.4 is 5.73 Å². The maximum atomic E-state index is 11.8. The van der Waals surface area contributed by atoms with E-state index in [1.54, 1.807) is 0 Å². The van der Waals surface area contributed by atoms with E-state index in [1.165, 1.54) is 0 Å². The molecule has 2 saturated heterocycles. The summed E-state index contributed by atoms with van der Waals surface area (Å²) >= 11 is 0. The molecule has 2 aliphatic rings. The minimum absolute atomic E-state index is 0.146. The Hall–Kier alpha value is -0.170. The van der Waals surface area contributed by atoms with E-state index in [-0.39, 0.29) is 11.9 Å². The average Bonchev–Trinajstić information content (AvgIpc) is 2.65. The van der Waals surface area contributed by atoms with Crippen LogP contribution in [0.5, 0.6) is 0 Å². The van der Waals surface area contributed by atoms with Gasteiger partial charge in [-0.1, -0.05) is 6.42 Å². The Bertz CT molecular complexity index is 316. The van der Waals surface area contributed by atoms with Gasteiger partial charge in [0.2, 0.25) is 0 Å². The van der Waals surface area contributed by atoms with Crippen molar-refractivity contribution in [1.82, 2.24) is 0 Å². The highest BCUT2D eigenvalue weighted by Crippen LogP contribution is 2.27. The number of hydrogen-bond acceptors (Lipinski definition) is 5. The lowest BCUT2D eigenvalue weighted by Gasteiger charge is -2.26. The van der Waals surface area contributed by atoms with Gasteiger partial charge in [0, 0.05) is 6.54 Å². The summed E-state index contributed by atoms with van der Waals surface area (Å²) in [6.45, 7) is 0.788. The Morgan fingerprint density at radius 2 is 2.13 bits per heavy atom. The van der Waals surface area contributed by atoms with Crippen molar-refractivity contribution in [3.63, 3.8) is 0 Å². The fourth-order valence-corrected chi connectivity index (χ4v) is 3.99. The number of nitrogens with two attached hydrogens (primary N) is 1. The molecule has 0 aliphatic carbocycles. The molecular weight excluding hydrogens is 218 g/mol. The molecule has 0 bridgehead atoms. The highest BCUT2D eigenvalue weighted by Gasteiger charge is 2.41. The molecule has 0 aromatic heterocycles. The van der Waals surface area contributed by atoms with E-state index >= 15 is 0 Å². The van der Waals surface area contributed by atoms with Crippen molar-refractivity contribution < 1.29 is 17.9 Å². The average molecular weight is 235 g/mol. The zero-order chi connectivity index (χ0) is 10.9. The monoisotopic (exact) mass is 235 g/mol. The second-order valence-electron chi connectivity index (χ2n) is 4.10. The number of rotatable bonds is 2. The first-order chi connectivity index (χ1) is 7.13. The molecule has 15 heavy (non-hydrogen) atoms. The predicted molar refractivity (Wildman–Crippen MR) is 55.1 cm³/mol. The fraction of sp³-hybridized carbons (Fsp3) is 1.00. The molecule has 2 aliphatic heterocycles. The van der Waals surface area contributed by atoms with E-state index in [0.717, 1.165) is 12.8 Å². The van der Waals surface area contributed by atoms with E-state index in [0.29, 0.717) is 19.6 Å². The molecule has 0 spiro atoms. The van der Waals surface area contributed by atoms with Gasteiger partial charge in [0.05, 0.1) is 18.5 Å². The van der Waals surface area contributed by atoms with Gasteiger partial charge < -0.3 is 15.2 Å². The number of ether oxygens (including phenoxy) is 2. The van der Waals surface area contributed by atoms with Gasteiger partial charge in [0.1, 0.15) is 5.25 Å². The Balaban J connectivity index is 2.04. The van der Waals surface area contributed by atoms with Gasteiger partial charge in [-0.05, 0) is 12.8 Å². The normalized spacial score (nSPS) is 40.5. The first-order valence-electron chi connectivity index (χ1n) is 5.32. The first-order valence-corrected chi connectivity index (χ1v) is 7.04. The molecule has 0 amide bonds. The van der Waals surface area contributed by atoms with Gasteiger partial charge in [-0.25, -0.2) is 8.42 Å². The van der Waals surface area contributed by atoms with E-state index < -0.39 is 21.4 Å². The minimum atomic E-state index is -3.03. The standard InChI is InChI=1S/C9H17NO4S/c10-5-7-6-13-9(14-7)8-3-1-2-4-15(8,11)12/h7-9H,1-6,10H2. The van der Waals surface area contributed by atoms with Crippen LogP contribution in [0.25, 0.3) is 0 Å². The van der Waals surface area contributed by atoms with Crippen molar-refractivity contribution in [2.45, 2.75) is 36.9 Å². The van der Waals surface area contributed by atoms with Crippen LogP contribution in [0.1, 0.15) is 19.3 Å². The Morgan fingerprint density at radius 1 is 1.33 bits per heavy atom. The fourth-order valence-electron chi connectivity index (χ4n) is 2.07. The summed E-state index contributed by atoms with van der Waals surface area (Å²) in [5, 5.41) is -0.484. The predicted octanol–water partition coefficient (Wildman–Crippen LogP) is -0.346. The maximum absolute atomic E-state index is 11.8. The maximum Gasteiger partial charge on any atom is 0.174 e. The topological polar surface area (TPSA) is 78.6 Å². The molecule has 6 heteroatoms. The van der Waals surface area contributed by atoms with Gasteiger partial charge in [0.15, 0.2) is 16.1 Å². The molecule has 2 fully saturated rings. The van der Waals surface area contributed by atoms with Crippen molar-refractivity contribution in [2.24, 2.45) is 5.73 Å². The van der Waals surface area contributed by atoms with Crippen LogP contribution in [0.4, 0.5) is 0 Å². The van der Waals surface area contributed by atoms with E-state index in [9.17, 15) is 8.42 Å². The Labute approximate surface area is 89.8 Å². The van der Waals surface area contributed by atoms with E-state index in [4.69, 9.17) is 15.2 Å². The summed E-state index contributed by atoms with van der Waals surface area (Å²) < 4.78 is 34.4. The number of sulfone groups is 1. The smallest absolute Gasteiger partial charge is 0.174 e. The molecule has 0 radical (unpaired) electrons. The van der Waals surface area contributed by atoms with Gasteiger partial charge in [-0.2, -0.15) is 0 Å². The second-order valence-corrected chi connectivity index (χ2v) is 6.44. The van der Waals surface area contributed by atoms with Gasteiger partial charge in [-0.15, -0.1) is 0 Å². The lowest BCUT2D eigenvalue weighted by Crippen LogP contribution is -2.39. The molecule has 0 saturated carbocycles. The third kappa shape index (κ3) is 2.33. The Kier molecular flexibility index (Phi) is 3.30. The Morgan fingerprint density at radius 3 is 2.73 bits per heavy atom. The van der Waals surface area contributed by atoms with Gasteiger partial charge in [-0.3, -0.25) is 0 Å². The van der Waals surface area contributed by atoms with Crippen molar-refractivity contribution in [2.75, 3.05) is 18.9 Å². The lowest BCUT2D eigenvalue weighted by molar-refractivity contribution is -0.0592. The number of hydrogen-bond donors (Lipinski definition) is 1. The SMILES string of the molecule is NCC1COC(C2CCCCS2(=O)=O)O1. The molecule has 3 atom stereocenters. The van der Waals surface area contributed by atoms with Gasteiger partial charge in [0.25, 0.3) is 0 Å². The van der Waals surface area contributed by atoms with Crippen LogP contribution in [0.2, 0.25) is 0 Å². The molecule has 2 rings (SSSR count). The molecule has 2 N–H and O–H groups in total. The molecule has 88 valence electrons. The van der Waals surface area contributed by atoms with Crippen LogP contribution in [-0.2, 0) is 19.3 Å². The van der Waals surface area contributed by atoms with Gasteiger partial charge >= 0.3 is 0 Å². The van der Waals surface area contributed by atoms with Crippen molar-refractivity contribution in [1.29, 1.82) is 0 Å². The zero-order valence-corrected chi connectivity index (χ0v) is 9.41. The molecule has 0 aromatic rings. The molecule has 0 aromatic carbocycles. The summed E-state index contributed by atoms with van der Waals surface area (Å²) in [4.78, 5) is 0. The lowest BCUT2D eigenvalue weighted by atomic mass is 10.2. The zero-order valence-electron chi connectivity index (χ0n) is 8.59. The third-order valence-electron chi connectivity index (χ3n) is 2.97. The molecule has 2 heterocycles. The summed E-state index contributed by atoms with van der Waals surface area (Å²) in [5.41, 5.74) is 5.44. The van der Waals surface area contributed by atoms with Crippen LogP contribution in [0.3, 0.4) is 0 Å². The molecular formula is C9H17NO4S. The summed E-state index contributed by atoms with van der Waals surface area (Å²) in [6.07, 6.45) is 1.59. The van der Waals surface area contributed by atoms with Crippen LogP contribution in [0, 0.1) is 0 Å². The highest BCUT2D eigenvalue weighted by atomic mass is 32.2. The van der Waals surface area contributed by atoms with E-state index in [2.05, 4.69) is 0 Å². The second kappa shape index (κ2) is 4.37. The summed E-state index contributed by atoms with van der Waals surface area (Å²) in [7, 11) is -3.03. The molecule has 3 unspecified atom stereocenters. The largest absolute Gasteiger partial charge is 0.349 e. The third-order valence-corrected chi connectivity index (χ3v) is 5.21. The van der Waals surface area contributed by atoms with Crippen molar-refractivity contribution >= 4 is 9.84 Å². The van der Waals surface area contributed by atoms with E-state index in [1.807, 2.05) is 0 Å². The highest BCUT2D eigenvalue weighted by molar-refractivity contribution is 7.92. The molecule has 5 nitrogen and oxygen atoms in total. The van der Waals surface area contributed by atoms with Crippen molar-refractivity contribution in [3.05, 3.63) is 0 Å². The summed E-state index contributed by atoms with van der Waals surface area (Å²) in [5.74, 6) is 0.258. The van der Waals surface area contributed by atoms with Crippen LogP contribution in [-0.4, -0.2) is 45.0 Å². The summed E-state index contributed by atoms with van der Waals surface area (Å²) in [6, 6.07) is 0. The van der Waals surface area contributed by atoms with Crippen LogP contribution >= 0.6 is 0 Å². The first kappa shape index (κ1) is 11.3. The van der Waals surface area contributed by atoms with Crippen molar-refractivity contribution in [3.8, 4) is 0 Å². The minimum Gasteiger partial charge on any atom is -0.349 e.